The summed E-state index contributed by atoms with van der Waals surface area (Å²) in [5.74, 6) is 0.344. The van der Waals surface area contributed by atoms with Gasteiger partial charge in [0.25, 0.3) is 5.56 Å². The summed E-state index contributed by atoms with van der Waals surface area (Å²) in [6.07, 6.45) is 1.47. The largest absolute Gasteiger partial charge is 0.339 e. The van der Waals surface area contributed by atoms with E-state index in [0.29, 0.717) is 17.1 Å². The molecule has 0 aliphatic rings. The van der Waals surface area contributed by atoms with Crippen molar-refractivity contribution in [2.75, 3.05) is 5.32 Å². The summed E-state index contributed by atoms with van der Waals surface area (Å²) in [5, 5.41) is 3.54. The predicted octanol–water partition coefficient (Wildman–Crippen LogP) is 4.05. The van der Waals surface area contributed by atoms with E-state index in [4.69, 9.17) is 0 Å². The zero-order valence-electron chi connectivity index (χ0n) is 16.0. The van der Waals surface area contributed by atoms with Gasteiger partial charge in [0, 0.05) is 0 Å². The Morgan fingerprint density at radius 2 is 1.23 bits per heavy atom. The molecule has 0 aliphatic carbocycles. The molecule has 6 heteroatoms. The van der Waals surface area contributed by atoms with Crippen molar-refractivity contribution in [1.82, 2.24) is 19.9 Å². The fourth-order valence-electron chi connectivity index (χ4n) is 3.86. The number of aromatic nitrogens is 4. The normalized spacial score (nSPS) is 11.5. The Labute approximate surface area is 172 Å². The number of anilines is 1. The molecule has 0 spiro atoms. The second kappa shape index (κ2) is 7.33. The molecule has 3 N–H and O–H groups in total. The van der Waals surface area contributed by atoms with E-state index in [2.05, 4.69) is 61.7 Å². The van der Waals surface area contributed by atoms with E-state index in [1.807, 2.05) is 54.6 Å². The van der Waals surface area contributed by atoms with Crippen LogP contribution < -0.4 is 10.9 Å². The number of rotatable bonds is 5. The van der Waals surface area contributed by atoms with Crippen molar-refractivity contribution < 1.29 is 0 Å². The van der Waals surface area contributed by atoms with E-state index in [-0.39, 0.29) is 5.56 Å². The first-order chi connectivity index (χ1) is 14.8. The number of aromatic amines is 2. The molecule has 0 saturated heterocycles. The molecule has 30 heavy (non-hydrogen) atoms. The minimum absolute atomic E-state index is 0.275. The molecule has 0 bridgehead atoms. The van der Waals surface area contributed by atoms with Crippen molar-refractivity contribution in [3.05, 3.63) is 124 Å². The van der Waals surface area contributed by atoms with Crippen LogP contribution in [0.3, 0.4) is 0 Å². The van der Waals surface area contributed by atoms with Gasteiger partial charge in [0.1, 0.15) is 5.54 Å². The van der Waals surface area contributed by atoms with Gasteiger partial charge in [-0.15, -0.1) is 0 Å². The van der Waals surface area contributed by atoms with Gasteiger partial charge in [0.2, 0.25) is 5.95 Å². The minimum atomic E-state index is -0.774. The maximum absolute atomic E-state index is 12.5. The van der Waals surface area contributed by atoms with Gasteiger partial charge >= 0.3 is 0 Å². The lowest BCUT2D eigenvalue weighted by Gasteiger charge is -2.37. The van der Waals surface area contributed by atoms with Crippen LogP contribution in [0.2, 0.25) is 0 Å². The van der Waals surface area contributed by atoms with Gasteiger partial charge in [-0.2, -0.15) is 4.98 Å². The van der Waals surface area contributed by atoms with Gasteiger partial charge in [-0.3, -0.25) is 9.78 Å². The predicted molar refractivity (Wildman–Crippen MR) is 117 cm³/mol. The molecule has 146 valence electrons. The lowest BCUT2D eigenvalue weighted by atomic mass is 9.77. The summed E-state index contributed by atoms with van der Waals surface area (Å²) in [4.78, 5) is 26.9. The van der Waals surface area contributed by atoms with Gasteiger partial charge in [-0.1, -0.05) is 91.0 Å². The zero-order chi connectivity index (χ0) is 20.4. The van der Waals surface area contributed by atoms with Crippen LogP contribution in [0.15, 0.2) is 102 Å². The topological polar surface area (TPSA) is 86.5 Å². The van der Waals surface area contributed by atoms with E-state index in [9.17, 15) is 4.79 Å². The van der Waals surface area contributed by atoms with Gasteiger partial charge in [-0.25, -0.2) is 4.98 Å². The molecule has 6 nitrogen and oxygen atoms in total. The minimum Gasteiger partial charge on any atom is -0.339 e. The van der Waals surface area contributed by atoms with Crippen molar-refractivity contribution in [3.8, 4) is 0 Å². The van der Waals surface area contributed by atoms with Crippen molar-refractivity contribution in [1.29, 1.82) is 0 Å². The first-order valence-corrected chi connectivity index (χ1v) is 9.65. The summed E-state index contributed by atoms with van der Waals surface area (Å²) < 4.78 is 0. The van der Waals surface area contributed by atoms with Crippen LogP contribution in [-0.2, 0) is 5.54 Å². The molecule has 2 heterocycles. The molecule has 0 aliphatic heterocycles. The molecule has 5 aromatic rings. The summed E-state index contributed by atoms with van der Waals surface area (Å²) in [6.45, 7) is 0. The Balaban J connectivity index is 1.80. The zero-order valence-corrected chi connectivity index (χ0v) is 16.0. The maximum atomic E-state index is 12.5. The van der Waals surface area contributed by atoms with E-state index >= 15 is 0 Å². The van der Waals surface area contributed by atoms with Crippen LogP contribution in [0.25, 0.3) is 11.2 Å². The Hall–Kier alpha value is -4.19. The molecule has 0 atom stereocenters. The summed E-state index contributed by atoms with van der Waals surface area (Å²) in [7, 11) is 0. The van der Waals surface area contributed by atoms with Crippen LogP contribution in [0.5, 0.6) is 0 Å². The Bertz CT molecular complexity index is 1230. The van der Waals surface area contributed by atoms with Crippen molar-refractivity contribution in [2.45, 2.75) is 5.54 Å². The third-order valence-electron chi connectivity index (χ3n) is 5.22. The fourth-order valence-corrected chi connectivity index (χ4v) is 3.86. The molecule has 2 aromatic heterocycles. The Morgan fingerprint density at radius 3 is 1.73 bits per heavy atom. The van der Waals surface area contributed by atoms with Crippen molar-refractivity contribution in [2.24, 2.45) is 0 Å². The Kier molecular flexibility index (Phi) is 4.37. The lowest BCUT2D eigenvalue weighted by molar-refractivity contribution is 0.700. The first-order valence-electron chi connectivity index (χ1n) is 9.65. The quantitative estimate of drug-likeness (QED) is 0.393. The van der Waals surface area contributed by atoms with Gasteiger partial charge in [0.15, 0.2) is 11.2 Å². The molecule has 0 fully saturated rings. The third kappa shape index (κ3) is 2.95. The molecular formula is C24H19N5O. The summed E-state index contributed by atoms with van der Waals surface area (Å²) in [5.41, 5.74) is 2.73. The lowest BCUT2D eigenvalue weighted by Crippen LogP contribution is -2.39. The molecule has 0 saturated carbocycles. The number of imidazole rings is 1. The van der Waals surface area contributed by atoms with Crippen LogP contribution >= 0.6 is 0 Å². The van der Waals surface area contributed by atoms with Gasteiger partial charge in [0.05, 0.1) is 6.33 Å². The smallest absolute Gasteiger partial charge is 0.278 e. The van der Waals surface area contributed by atoms with Crippen LogP contribution in [0, 0.1) is 0 Å². The molecular weight excluding hydrogens is 374 g/mol. The number of hydrogen-bond donors (Lipinski definition) is 3. The SMILES string of the molecule is O=c1[nH]c(NC(c2ccccc2)(c2ccccc2)c2ccccc2)nc2nc[nH]c12. The van der Waals surface area contributed by atoms with Gasteiger partial charge < -0.3 is 10.3 Å². The highest BCUT2D eigenvalue weighted by atomic mass is 16.1. The number of hydrogen-bond acceptors (Lipinski definition) is 4. The molecule has 3 aromatic carbocycles. The maximum Gasteiger partial charge on any atom is 0.278 e. The number of nitrogens with zero attached hydrogens (tertiary/aromatic N) is 2. The Morgan fingerprint density at radius 1 is 0.733 bits per heavy atom. The number of fused-ring (bicyclic) bond motifs is 1. The molecule has 0 radical (unpaired) electrons. The third-order valence-corrected chi connectivity index (χ3v) is 5.22. The van der Waals surface area contributed by atoms with E-state index < -0.39 is 5.54 Å². The number of H-pyrrole nitrogens is 2. The average Bonchev–Trinajstić information content (AvgIpc) is 3.29. The average molecular weight is 393 g/mol. The van der Waals surface area contributed by atoms with E-state index in [1.165, 1.54) is 6.33 Å². The summed E-state index contributed by atoms with van der Waals surface area (Å²) >= 11 is 0. The second-order valence-corrected chi connectivity index (χ2v) is 6.99. The molecule has 0 unspecified atom stereocenters. The van der Waals surface area contributed by atoms with Gasteiger partial charge in [-0.05, 0) is 16.7 Å². The highest BCUT2D eigenvalue weighted by Gasteiger charge is 2.37. The van der Waals surface area contributed by atoms with Crippen LogP contribution in [0.4, 0.5) is 5.95 Å². The van der Waals surface area contributed by atoms with E-state index in [1.54, 1.807) is 0 Å². The van der Waals surface area contributed by atoms with Crippen LogP contribution in [-0.4, -0.2) is 19.9 Å². The summed E-state index contributed by atoms with van der Waals surface area (Å²) in [6, 6.07) is 30.4. The van der Waals surface area contributed by atoms with Crippen molar-refractivity contribution >= 4 is 17.1 Å². The van der Waals surface area contributed by atoms with E-state index in [0.717, 1.165) is 16.7 Å². The second-order valence-electron chi connectivity index (χ2n) is 6.99. The molecule has 0 amide bonds. The standard InChI is InChI=1S/C24H19N5O/c30-22-20-21(26-16-25-20)27-23(28-22)29-24(17-10-4-1-5-11-17,18-12-6-2-7-13-18)19-14-8-3-9-15-19/h1-16H,(H3,25,26,27,28,29,30). The first kappa shape index (κ1) is 17.9. The fraction of sp³-hybridized carbons (Fsp3) is 0.0417. The number of nitrogens with one attached hydrogen (secondary N) is 3. The van der Waals surface area contributed by atoms with Crippen LogP contribution in [0.1, 0.15) is 16.7 Å². The van der Waals surface area contributed by atoms with Crippen molar-refractivity contribution in [3.63, 3.8) is 0 Å². The number of benzene rings is 3. The highest BCUT2D eigenvalue weighted by molar-refractivity contribution is 5.70. The molecule has 5 rings (SSSR count). The highest BCUT2D eigenvalue weighted by Crippen LogP contribution is 2.39. The monoisotopic (exact) mass is 393 g/mol.